The molecule has 26 heteroatoms. The van der Waals surface area contributed by atoms with E-state index in [-0.39, 0.29) is 16.4 Å². The van der Waals surface area contributed by atoms with Crippen molar-refractivity contribution in [2.45, 2.75) is 25.6 Å². The first-order valence-electron chi connectivity index (χ1n) is 12.7. The van der Waals surface area contributed by atoms with E-state index in [0.717, 1.165) is 23.5 Å². The molecule has 2 heterocycles. The molecule has 1 fully saturated rings. The first-order chi connectivity index (χ1) is 22.5. The number of benzene rings is 1. The molecular weight excluding hydrogens is 719 g/mol. The number of nitrogen functional groups attached to an aromatic ring is 1. The number of urea groups is 1. The zero-order chi connectivity index (χ0) is 37.4. The number of aromatic hydroxyl groups is 2. The van der Waals surface area contributed by atoms with Crippen molar-refractivity contribution in [2.24, 2.45) is 11.1 Å². The Hall–Kier alpha value is -5.92. The quantitative estimate of drug-likeness (QED) is 0.0558. The molecule has 0 aliphatic carbocycles. The average molecular weight is 744 g/mol. The molecule has 0 saturated carbocycles. The number of carboxylic acid groups (broad SMARTS) is 3. The highest BCUT2D eigenvalue weighted by molar-refractivity contribution is 7.91. The van der Waals surface area contributed by atoms with Gasteiger partial charge >= 0.3 is 40.3 Å². The summed E-state index contributed by atoms with van der Waals surface area (Å²) in [5.41, 5.74) is 4.11. The van der Waals surface area contributed by atoms with E-state index in [1.54, 1.807) is 4.72 Å². The molecule has 1 aliphatic rings. The van der Waals surface area contributed by atoms with Gasteiger partial charge in [0, 0.05) is 5.38 Å². The van der Waals surface area contributed by atoms with Crippen molar-refractivity contribution in [1.29, 1.82) is 0 Å². The number of imide groups is 1. The summed E-state index contributed by atoms with van der Waals surface area (Å²) in [5, 5.41) is 52.0. The Bertz CT molecular complexity index is 1780. The Balaban J connectivity index is 0.00000107. The molecule has 10 N–H and O–H groups in total. The molecule has 1 aromatic carbocycles. The van der Waals surface area contributed by atoms with E-state index in [1.165, 1.54) is 17.0 Å². The van der Waals surface area contributed by atoms with Gasteiger partial charge in [-0.3, -0.25) is 28.8 Å². The lowest BCUT2D eigenvalue weighted by Gasteiger charge is -2.36. The molecule has 49 heavy (non-hydrogen) atoms. The second-order valence-corrected chi connectivity index (χ2v) is 11.7. The summed E-state index contributed by atoms with van der Waals surface area (Å²) >= 11 is 0.956. The van der Waals surface area contributed by atoms with Crippen molar-refractivity contribution in [3.63, 3.8) is 0 Å². The molecule has 1 aromatic heterocycles. The number of phenolic OH excluding ortho intramolecular Hbond substituents is 2. The molecule has 0 bridgehead atoms. The summed E-state index contributed by atoms with van der Waals surface area (Å²) in [6.45, 7) is 0.446. The molecule has 3 rings (SSSR count). The number of hydrogen-bond donors (Lipinski definition) is 9. The number of halogens is 3. The number of aromatic nitrogens is 1. The van der Waals surface area contributed by atoms with Crippen LogP contribution in [0.15, 0.2) is 22.7 Å². The van der Waals surface area contributed by atoms with Gasteiger partial charge in [-0.05, 0) is 18.6 Å². The number of amides is 4. The van der Waals surface area contributed by atoms with Crippen molar-refractivity contribution in [1.82, 2.24) is 19.9 Å². The van der Waals surface area contributed by atoms with Crippen molar-refractivity contribution >= 4 is 73.8 Å². The smallest absolute Gasteiger partial charge is 0.490 e. The second-order valence-electron chi connectivity index (χ2n) is 9.37. The number of nitrogens with one attached hydrogen (secondary N) is 3. The van der Waals surface area contributed by atoms with E-state index in [1.807, 2.05) is 0 Å². The molecule has 21 nitrogen and oxygen atoms in total. The van der Waals surface area contributed by atoms with Crippen molar-refractivity contribution in [2.75, 3.05) is 23.6 Å². The Morgan fingerprint density at radius 2 is 1.80 bits per heavy atom. The van der Waals surface area contributed by atoms with Crippen LogP contribution in [0.25, 0.3) is 0 Å². The standard InChI is InChI=1S/C21H23N7O12S2.C2HF3O2/c1-8(19(35)36)6-40-25-15(11-7-41-20(22)24-11)17(33)23-10-5-28(18(10)34)21(37)27-42(38,39)26-14-9(4-13(30)31)2-3-12(29)16(14)32;3-2(4,5)1(6)7/h2-3,7-8,10,26,29,32H,4-6H2,1H3,(H2,22,24)(H,23,33)(H,27,37)(H,30,31)(H,35,36);(H,6,7)/b25-15+;/t8?,10-;/m0./s1. The topological polar surface area (TPSA) is 338 Å². The van der Waals surface area contributed by atoms with Crippen molar-refractivity contribution in [3.05, 3.63) is 28.8 Å². The highest BCUT2D eigenvalue weighted by Crippen LogP contribution is 2.37. The van der Waals surface area contributed by atoms with Crippen molar-refractivity contribution in [3.8, 4) is 11.5 Å². The number of carboxylic acids is 3. The predicted molar refractivity (Wildman–Crippen MR) is 155 cm³/mol. The van der Waals surface area contributed by atoms with Gasteiger partial charge in [-0.15, -0.1) is 11.3 Å². The number of nitrogens with two attached hydrogens (primary N) is 1. The lowest BCUT2D eigenvalue weighted by molar-refractivity contribution is -0.192. The van der Waals surface area contributed by atoms with Crippen LogP contribution in [-0.2, 0) is 45.4 Å². The SMILES string of the molecule is CC(CO/N=C(/C(=O)N[C@H]1CN(C(=O)NS(=O)(=O)Nc2c(CC(=O)O)ccc(O)c2O)C1=O)c1csc(N)n1)C(=O)O.O=C(O)C(F)(F)F. The van der Waals surface area contributed by atoms with Gasteiger partial charge in [0.15, 0.2) is 22.3 Å². The van der Waals surface area contributed by atoms with Crippen LogP contribution < -0.4 is 20.5 Å². The minimum atomic E-state index is -5.08. The average Bonchev–Trinajstić information content (AvgIpc) is 3.41. The number of phenols is 2. The third-order valence-corrected chi connectivity index (χ3v) is 7.24. The second kappa shape index (κ2) is 15.8. The van der Waals surface area contributed by atoms with E-state index >= 15 is 0 Å². The number of oxime groups is 1. The Kier molecular flexibility index (Phi) is 12.6. The van der Waals surface area contributed by atoms with E-state index in [9.17, 15) is 55.8 Å². The van der Waals surface area contributed by atoms with Crippen LogP contribution >= 0.6 is 11.3 Å². The Morgan fingerprint density at radius 1 is 1.18 bits per heavy atom. The van der Waals surface area contributed by atoms with E-state index in [0.29, 0.717) is 4.90 Å². The lowest BCUT2D eigenvalue weighted by Crippen LogP contribution is -2.68. The van der Waals surface area contributed by atoms with Crippen LogP contribution in [0, 0.1) is 5.92 Å². The minimum absolute atomic E-state index is 0.0472. The molecule has 1 aliphatic heterocycles. The number of alkyl halides is 3. The summed E-state index contributed by atoms with van der Waals surface area (Å²) < 4.78 is 59.9. The molecular formula is C23H24F3N7O14S2. The van der Waals surface area contributed by atoms with Crippen LogP contribution in [0.3, 0.4) is 0 Å². The highest BCUT2D eigenvalue weighted by atomic mass is 32.2. The van der Waals surface area contributed by atoms with Gasteiger partial charge in [0.05, 0.1) is 24.6 Å². The van der Waals surface area contributed by atoms with Gasteiger partial charge < -0.3 is 41.4 Å². The lowest BCUT2D eigenvalue weighted by atomic mass is 10.1. The first kappa shape index (κ1) is 39.3. The van der Waals surface area contributed by atoms with Gasteiger partial charge in [-0.2, -0.15) is 21.6 Å². The fourth-order valence-corrected chi connectivity index (χ4v) is 4.64. The Labute approximate surface area is 275 Å². The molecule has 4 amide bonds. The van der Waals surface area contributed by atoms with E-state index < -0.39 is 107 Å². The fraction of sp³-hybridized carbons (Fsp3) is 0.304. The number of carbonyl (C=O) groups excluding carboxylic acids is 3. The van der Waals surface area contributed by atoms with Crippen LogP contribution in [0.4, 0.5) is 28.8 Å². The summed E-state index contributed by atoms with van der Waals surface area (Å²) in [6.07, 6.45) is -5.84. The maximum absolute atomic E-state index is 12.8. The largest absolute Gasteiger partial charge is 0.504 e. The number of hydrogen-bond acceptors (Lipinski definition) is 15. The number of likely N-dealkylation sites (tertiary alicyclic amines) is 1. The molecule has 2 atom stereocenters. The van der Waals surface area contributed by atoms with Crippen LogP contribution in [0.2, 0.25) is 0 Å². The summed E-state index contributed by atoms with van der Waals surface area (Å²) in [7, 11) is -4.88. The molecule has 0 radical (unpaired) electrons. The highest BCUT2D eigenvalue weighted by Gasteiger charge is 2.44. The zero-order valence-electron chi connectivity index (χ0n) is 24.3. The third kappa shape index (κ3) is 11.1. The number of rotatable bonds is 12. The van der Waals surface area contributed by atoms with Gasteiger partial charge in [0.25, 0.3) is 11.8 Å². The molecule has 1 saturated heterocycles. The number of carbonyl (C=O) groups is 6. The van der Waals surface area contributed by atoms with Gasteiger partial charge in [0.2, 0.25) is 0 Å². The maximum atomic E-state index is 12.8. The number of thiazole rings is 1. The molecule has 2 aromatic rings. The van der Waals surface area contributed by atoms with Gasteiger partial charge in [-0.25, -0.2) is 19.3 Å². The van der Waals surface area contributed by atoms with E-state index in [2.05, 4.69) is 15.5 Å². The predicted octanol–water partition coefficient (Wildman–Crippen LogP) is -0.768. The van der Waals surface area contributed by atoms with Gasteiger partial charge in [0.1, 0.15) is 18.3 Å². The normalized spacial score (nSPS) is 15.1. The molecule has 268 valence electrons. The van der Waals surface area contributed by atoms with Crippen LogP contribution in [0.5, 0.6) is 11.5 Å². The third-order valence-electron chi connectivity index (χ3n) is 5.65. The summed E-state index contributed by atoms with van der Waals surface area (Å²) in [6, 6.07) is -0.802. The van der Waals surface area contributed by atoms with Gasteiger partial charge in [-0.1, -0.05) is 11.2 Å². The van der Waals surface area contributed by atoms with E-state index in [4.69, 9.17) is 30.7 Å². The van der Waals surface area contributed by atoms with Crippen LogP contribution in [-0.4, -0.2) is 111 Å². The van der Waals surface area contributed by atoms with Crippen molar-refractivity contribution < 1.29 is 80.7 Å². The Morgan fingerprint density at radius 3 is 2.29 bits per heavy atom. The zero-order valence-corrected chi connectivity index (χ0v) is 25.9. The monoisotopic (exact) mass is 743 g/mol. The van der Waals surface area contributed by atoms with Crippen LogP contribution in [0.1, 0.15) is 18.2 Å². The molecule has 1 unspecified atom stereocenters. The number of anilines is 2. The first-order valence-corrected chi connectivity index (χ1v) is 15.1. The summed E-state index contributed by atoms with van der Waals surface area (Å²) in [5.74, 6) is -10.1. The number of aliphatic carboxylic acids is 3. The molecule has 0 spiro atoms. The minimum Gasteiger partial charge on any atom is -0.504 e. The summed E-state index contributed by atoms with van der Waals surface area (Å²) in [4.78, 5) is 78.0. The number of nitrogens with zero attached hydrogens (tertiary/aromatic N) is 3. The maximum Gasteiger partial charge on any atom is 0.490 e. The fourth-order valence-electron chi connectivity index (χ4n) is 3.21. The number of β-lactam (4-membered cyclic amide) rings is 1.